The van der Waals surface area contributed by atoms with E-state index in [-0.39, 0.29) is 26.5 Å². The molecule has 0 atom stereocenters. The van der Waals surface area contributed by atoms with Crippen LogP contribution in [0.5, 0.6) is 0 Å². The Hall–Kier alpha value is -3.40. The van der Waals surface area contributed by atoms with Gasteiger partial charge in [-0.05, 0) is 68.1 Å². The smallest absolute Gasteiger partial charge is 0.333 e. The van der Waals surface area contributed by atoms with Gasteiger partial charge in [0.1, 0.15) is 0 Å². The summed E-state index contributed by atoms with van der Waals surface area (Å²) in [6, 6.07) is 16.1. The van der Waals surface area contributed by atoms with Crippen LogP contribution >= 0.6 is 11.6 Å². The summed E-state index contributed by atoms with van der Waals surface area (Å²) in [5.74, 6) is 0. The molecule has 1 aliphatic heterocycles. The molecular weight excluding hydrogens is 502 g/mol. The maximum atomic E-state index is 13.7. The van der Waals surface area contributed by atoms with Crippen molar-refractivity contribution in [3.63, 3.8) is 0 Å². The number of aromatic nitrogens is 2. The van der Waals surface area contributed by atoms with E-state index in [2.05, 4.69) is 4.98 Å². The van der Waals surface area contributed by atoms with Crippen LogP contribution in [0.1, 0.15) is 31.4 Å². The number of sulfonamides is 1. The number of hydrogen-bond donors (Lipinski definition) is 2. The van der Waals surface area contributed by atoms with Crippen LogP contribution < -0.4 is 15.6 Å². The molecule has 0 spiro atoms. The molecule has 36 heavy (non-hydrogen) atoms. The zero-order valence-electron chi connectivity index (χ0n) is 19.7. The van der Waals surface area contributed by atoms with Gasteiger partial charge in [-0.1, -0.05) is 41.9 Å². The van der Waals surface area contributed by atoms with Gasteiger partial charge in [-0.2, -0.15) is 0 Å². The average molecular weight is 526 g/mol. The molecular formula is C26H24ClN3O5S. The van der Waals surface area contributed by atoms with Crippen LogP contribution in [0.25, 0.3) is 16.6 Å². The van der Waals surface area contributed by atoms with Crippen LogP contribution in [0.4, 0.5) is 5.69 Å². The van der Waals surface area contributed by atoms with Crippen molar-refractivity contribution in [1.29, 1.82) is 0 Å². The number of benzene rings is 3. The Morgan fingerprint density at radius 2 is 1.75 bits per heavy atom. The minimum Gasteiger partial charge on any atom is -0.386 e. The summed E-state index contributed by atoms with van der Waals surface area (Å²) in [7, 11) is -4.02. The molecule has 0 radical (unpaired) electrons. The minimum atomic E-state index is -4.02. The Kier molecular flexibility index (Phi) is 5.82. The van der Waals surface area contributed by atoms with Crippen molar-refractivity contribution in [2.24, 2.45) is 0 Å². The van der Waals surface area contributed by atoms with Gasteiger partial charge in [0.2, 0.25) is 0 Å². The molecule has 1 aromatic heterocycles. The van der Waals surface area contributed by atoms with Crippen molar-refractivity contribution in [2.45, 2.75) is 37.2 Å². The van der Waals surface area contributed by atoms with Crippen LogP contribution in [-0.4, -0.2) is 29.6 Å². The van der Waals surface area contributed by atoms with Crippen LogP contribution in [0.2, 0.25) is 5.02 Å². The minimum absolute atomic E-state index is 0.0284. The molecule has 2 N–H and O–H groups in total. The lowest BCUT2D eigenvalue weighted by Gasteiger charge is -2.30. The number of aromatic amines is 1. The van der Waals surface area contributed by atoms with E-state index in [1.165, 1.54) is 36.4 Å². The molecule has 0 amide bonds. The Labute approximate surface area is 212 Å². The number of nitrogens with zero attached hydrogens (tertiary/aromatic N) is 2. The molecule has 0 aliphatic carbocycles. The highest BCUT2D eigenvalue weighted by Crippen LogP contribution is 2.33. The van der Waals surface area contributed by atoms with Crippen molar-refractivity contribution in [3.8, 4) is 5.69 Å². The molecule has 3 aromatic carbocycles. The van der Waals surface area contributed by atoms with Crippen molar-refractivity contribution in [3.05, 3.63) is 97.7 Å². The number of hydrogen-bond acceptors (Lipinski definition) is 5. The second-order valence-electron chi connectivity index (χ2n) is 9.28. The third-order valence-corrected chi connectivity index (χ3v) is 8.53. The number of aryl methyl sites for hydroxylation is 1. The fraction of sp³-hybridized carbons (Fsp3) is 0.231. The van der Waals surface area contributed by atoms with Gasteiger partial charge in [0.25, 0.3) is 15.6 Å². The summed E-state index contributed by atoms with van der Waals surface area (Å²) in [4.78, 5) is 29.2. The molecule has 8 nitrogen and oxygen atoms in total. The largest absolute Gasteiger partial charge is 0.386 e. The molecule has 4 aromatic rings. The van der Waals surface area contributed by atoms with Crippen molar-refractivity contribution < 1.29 is 13.5 Å². The number of para-hydroxylation sites is 1. The number of aliphatic hydroxyl groups is 1. The normalized spacial score (nSPS) is 14.2. The van der Waals surface area contributed by atoms with E-state index in [0.29, 0.717) is 24.2 Å². The monoisotopic (exact) mass is 525 g/mol. The summed E-state index contributed by atoms with van der Waals surface area (Å²) in [6.07, 6.45) is 1.44. The number of rotatable bonds is 4. The van der Waals surface area contributed by atoms with Crippen molar-refractivity contribution >= 4 is 38.2 Å². The van der Waals surface area contributed by atoms with E-state index >= 15 is 0 Å². The van der Waals surface area contributed by atoms with Gasteiger partial charge >= 0.3 is 5.69 Å². The lowest BCUT2D eigenvalue weighted by Crippen LogP contribution is -2.37. The first kappa shape index (κ1) is 24.3. The Morgan fingerprint density at radius 1 is 1.00 bits per heavy atom. The quantitative estimate of drug-likeness (QED) is 0.422. The first-order valence-electron chi connectivity index (χ1n) is 11.4. The third kappa shape index (κ3) is 3.93. The van der Waals surface area contributed by atoms with Gasteiger partial charge in [0, 0.05) is 6.54 Å². The fourth-order valence-corrected chi connectivity index (χ4v) is 6.45. The van der Waals surface area contributed by atoms with E-state index in [9.17, 15) is 23.1 Å². The summed E-state index contributed by atoms with van der Waals surface area (Å²) in [5.41, 5.74) is -0.817. The van der Waals surface area contributed by atoms with Crippen LogP contribution in [0, 0.1) is 0 Å². The van der Waals surface area contributed by atoms with Crippen LogP contribution in [0.3, 0.4) is 0 Å². The number of H-pyrrole nitrogens is 1. The SMILES string of the molecule is CC(C)(O)c1cccc2[nH]c(=O)n(-c3cc(S(=O)(=O)N4CCCc5ccccc54)ccc3Cl)c(=O)c12. The summed E-state index contributed by atoms with van der Waals surface area (Å²) >= 11 is 6.40. The standard InChI is InChI=1S/C26H24ClN3O5S/c1-26(2,33)18-9-5-10-20-23(18)24(31)30(25(32)28-20)22-15-17(12-13-19(22)27)36(34,35)29-14-6-8-16-7-3-4-11-21(16)29/h3-5,7,9-13,15,33H,6,8,14H2,1-2H3,(H,28,32). The molecule has 0 saturated carbocycles. The Morgan fingerprint density at radius 3 is 2.50 bits per heavy atom. The van der Waals surface area contributed by atoms with Gasteiger partial charge in [-0.25, -0.2) is 17.8 Å². The van der Waals surface area contributed by atoms with Crippen molar-refractivity contribution in [1.82, 2.24) is 9.55 Å². The topological polar surface area (TPSA) is 112 Å². The maximum absolute atomic E-state index is 13.7. The van der Waals surface area contributed by atoms with E-state index in [4.69, 9.17) is 11.6 Å². The zero-order chi connectivity index (χ0) is 25.8. The van der Waals surface area contributed by atoms with E-state index in [1.807, 2.05) is 12.1 Å². The number of anilines is 1. The number of fused-ring (bicyclic) bond motifs is 2. The molecule has 5 rings (SSSR count). The third-order valence-electron chi connectivity index (χ3n) is 6.40. The summed E-state index contributed by atoms with van der Waals surface area (Å²) < 4.78 is 29.5. The highest BCUT2D eigenvalue weighted by Gasteiger charge is 2.30. The summed E-state index contributed by atoms with van der Waals surface area (Å²) in [6.45, 7) is 3.38. The molecule has 1 aliphatic rings. The highest BCUT2D eigenvalue weighted by atomic mass is 35.5. The lowest BCUT2D eigenvalue weighted by molar-refractivity contribution is 0.0801. The Bertz CT molecular complexity index is 1740. The molecule has 0 unspecified atom stereocenters. The van der Waals surface area contributed by atoms with Gasteiger partial charge in [-0.15, -0.1) is 0 Å². The van der Waals surface area contributed by atoms with Gasteiger partial charge in [0.15, 0.2) is 0 Å². The maximum Gasteiger partial charge on any atom is 0.333 e. The first-order chi connectivity index (χ1) is 17.0. The predicted octanol–water partition coefficient (Wildman–Crippen LogP) is 3.70. The average Bonchev–Trinajstić information content (AvgIpc) is 2.83. The predicted molar refractivity (Wildman–Crippen MR) is 140 cm³/mol. The van der Waals surface area contributed by atoms with E-state index in [1.54, 1.807) is 30.3 Å². The van der Waals surface area contributed by atoms with Crippen LogP contribution in [-0.2, 0) is 22.0 Å². The second-order valence-corrected chi connectivity index (χ2v) is 11.6. The Balaban J connectivity index is 1.72. The zero-order valence-corrected chi connectivity index (χ0v) is 21.2. The van der Waals surface area contributed by atoms with Gasteiger partial charge < -0.3 is 10.1 Å². The second kappa shape index (κ2) is 8.62. The molecule has 0 bridgehead atoms. The first-order valence-corrected chi connectivity index (χ1v) is 13.2. The molecule has 2 heterocycles. The highest BCUT2D eigenvalue weighted by molar-refractivity contribution is 7.92. The molecule has 186 valence electrons. The number of nitrogens with one attached hydrogen (secondary N) is 1. The van der Waals surface area contributed by atoms with E-state index < -0.39 is 26.9 Å². The number of halogens is 1. The van der Waals surface area contributed by atoms with Crippen LogP contribution in [0.15, 0.2) is 75.1 Å². The van der Waals surface area contributed by atoms with Crippen molar-refractivity contribution in [2.75, 3.05) is 10.8 Å². The van der Waals surface area contributed by atoms with Gasteiger partial charge in [0.05, 0.1) is 37.8 Å². The lowest BCUT2D eigenvalue weighted by atomic mass is 9.95. The molecule has 0 fully saturated rings. The molecule has 0 saturated heterocycles. The van der Waals surface area contributed by atoms with Gasteiger partial charge in [-0.3, -0.25) is 9.10 Å². The molecule has 10 heteroatoms. The van der Waals surface area contributed by atoms with E-state index in [0.717, 1.165) is 16.6 Å². The fourth-order valence-electron chi connectivity index (χ4n) is 4.69. The summed E-state index contributed by atoms with van der Waals surface area (Å²) in [5, 5.41) is 10.8.